The van der Waals surface area contributed by atoms with Crippen LogP contribution in [0.5, 0.6) is 0 Å². The molecule has 0 bridgehead atoms. The molecule has 0 saturated carbocycles. The van der Waals surface area contributed by atoms with E-state index in [0.717, 1.165) is 12.0 Å². The Morgan fingerprint density at radius 1 is 1.28 bits per heavy atom. The molecule has 0 saturated heterocycles. The molecule has 0 aliphatic carbocycles. The third-order valence-electron chi connectivity index (χ3n) is 3.47. The van der Waals surface area contributed by atoms with Gasteiger partial charge < -0.3 is 15.4 Å². The minimum atomic E-state index is -0.344. The molecule has 0 spiro atoms. The Morgan fingerprint density at radius 3 is 2.72 bits per heavy atom. The average Bonchev–Trinajstić information content (AvgIpc) is 2.61. The molecule has 7 heteroatoms. The summed E-state index contributed by atoms with van der Waals surface area (Å²) in [5, 5.41) is 10.3. The summed E-state index contributed by atoms with van der Waals surface area (Å²) >= 11 is 0. The van der Waals surface area contributed by atoms with Gasteiger partial charge in [0.2, 0.25) is 5.56 Å². The number of carboxylic acid groups (broad SMARTS) is 1. The first kappa shape index (κ1) is 17.9. The maximum absolute atomic E-state index is 12.5. The number of rotatable bonds is 3. The van der Waals surface area contributed by atoms with E-state index >= 15 is 0 Å². The van der Waals surface area contributed by atoms with Gasteiger partial charge in [-0.1, -0.05) is 25.1 Å². The Hall–Kier alpha value is -3.48. The van der Waals surface area contributed by atoms with Crippen molar-refractivity contribution in [2.45, 2.75) is 13.3 Å². The van der Waals surface area contributed by atoms with E-state index in [-0.39, 0.29) is 17.9 Å². The van der Waals surface area contributed by atoms with Crippen molar-refractivity contribution in [2.75, 3.05) is 5.32 Å². The number of carbonyl (C=O) groups is 2. The zero-order chi connectivity index (χ0) is 18.2. The SMILES string of the molecule is CCc1ccnc(NC(=O)c2cc(=O)[nH]c3ccccc23)c1.O=CO. The number of carbonyl (C=O) groups excluding carboxylic acids is 1. The first-order chi connectivity index (χ1) is 12.1. The number of nitrogens with one attached hydrogen (secondary N) is 2. The van der Waals surface area contributed by atoms with Crippen molar-refractivity contribution < 1.29 is 14.7 Å². The number of aryl methyl sites for hydroxylation is 1. The second-order valence-corrected chi connectivity index (χ2v) is 5.06. The first-order valence-electron chi connectivity index (χ1n) is 7.55. The van der Waals surface area contributed by atoms with E-state index in [9.17, 15) is 9.59 Å². The Kier molecular flexibility index (Phi) is 6.00. The largest absolute Gasteiger partial charge is 0.483 e. The number of anilines is 1. The van der Waals surface area contributed by atoms with Gasteiger partial charge in [0.15, 0.2) is 0 Å². The summed E-state index contributed by atoms with van der Waals surface area (Å²) < 4.78 is 0. The van der Waals surface area contributed by atoms with Crippen LogP contribution < -0.4 is 10.9 Å². The standard InChI is InChI=1S/C17H15N3O2.CH2O2/c1-2-11-7-8-18-15(9-11)20-17(22)13-10-16(21)19-14-6-4-3-5-12(13)14;2-1-3/h3-10H,2H2,1H3,(H,19,21)(H,18,20,22);1H,(H,2,3). The van der Waals surface area contributed by atoms with Gasteiger partial charge in [-0.05, 0) is 30.2 Å². The van der Waals surface area contributed by atoms with Crippen molar-refractivity contribution in [3.05, 3.63) is 70.1 Å². The van der Waals surface area contributed by atoms with Gasteiger partial charge in [-0.3, -0.25) is 14.4 Å². The highest BCUT2D eigenvalue weighted by atomic mass is 16.3. The lowest BCUT2D eigenvalue weighted by molar-refractivity contribution is -0.122. The Balaban J connectivity index is 0.000000701. The van der Waals surface area contributed by atoms with Gasteiger partial charge in [0.1, 0.15) is 5.82 Å². The fourth-order valence-corrected chi connectivity index (χ4v) is 2.34. The lowest BCUT2D eigenvalue weighted by atomic mass is 10.1. The number of aromatic amines is 1. The number of fused-ring (bicyclic) bond motifs is 1. The number of hydrogen-bond donors (Lipinski definition) is 3. The Morgan fingerprint density at radius 2 is 2.00 bits per heavy atom. The van der Waals surface area contributed by atoms with Crippen LogP contribution in [-0.2, 0) is 11.2 Å². The van der Waals surface area contributed by atoms with Gasteiger partial charge in [0.05, 0.1) is 5.56 Å². The summed E-state index contributed by atoms with van der Waals surface area (Å²) in [5.74, 6) is 0.136. The lowest BCUT2D eigenvalue weighted by Crippen LogP contribution is -2.17. The molecule has 3 aromatic rings. The molecular formula is C18H17N3O4. The molecule has 0 unspecified atom stereocenters. The third kappa shape index (κ3) is 4.51. The average molecular weight is 339 g/mol. The van der Waals surface area contributed by atoms with E-state index in [1.807, 2.05) is 31.2 Å². The van der Waals surface area contributed by atoms with Crippen molar-refractivity contribution in [1.82, 2.24) is 9.97 Å². The molecule has 0 radical (unpaired) electrons. The minimum absolute atomic E-state index is 0.250. The van der Waals surface area contributed by atoms with Crippen LogP contribution in [0.4, 0.5) is 5.82 Å². The van der Waals surface area contributed by atoms with Crippen molar-refractivity contribution >= 4 is 29.1 Å². The number of nitrogens with zero attached hydrogens (tertiary/aromatic N) is 1. The molecule has 0 aliphatic rings. The zero-order valence-electron chi connectivity index (χ0n) is 13.5. The molecule has 0 atom stereocenters. The molecule has 1 amide bonds. The van der Waals surface area contributed by atoms with Gasteiger partial charge in [-0.15, -0.1) is 0 Å². The Bertz CT molecular complexity index is 950. The highest BCUT2D eigenvalue weighted by Crippen LogP contribution is 2.16. The van der Waals surface area contributed by atoms with Gasteiger partial charge >= 0.3 is 0 Å². The van der Waals surface area contributed by atoms with Crippen LogP contribution in [0.25, 0.3) is 10.9 Å². The maximum atomic E-state index is 12.5. The lowest BCUT2D eigenvalue weighted by Gasteiger charge is -2.08. The van der Waals surface area contributed by atoms with Crippen LogP contribution >= 0.6 is 0 Å². The van der Waals surface area contributed by atoms with Crippen LogP contribution in [0.1, 0.15) is 22.8 Å². The third-order valence-corrected chi connectivity index (χ3v) is 3.47. The molecule has 0 aliphatic heterocycles. The smallest absolute Gasteiger partial charge is 0.290 e. The molecule has 3 N–H and O–H groups in total. The normalized spacial score (nSPS) is 9.80. The minimum Gasteiger partial charge on any atom is -0.483 e. The van der Waals surface area contributed by atoms with Crippen LogP contribution in [0.15, 0.2) is 53.5 Å². The van der Waals surface area contributed by atoms with Crippen molar-refractivity contribution in [3.8, 4) is 0 Å². The quantitative estimate of drug-likeness (QED) is 0.635. The van der Waals surface area contributed by atoms with Crippen LogP contribution in [0.2, 0.25) is 0 Å². The summed E-state index contributed by atoms with van der Waals surface area (Å²) in [4.78, 5) is 39.4. The number of pyridine rings is 2. The monoisotopic (exact) mass is 339 g/mol. The van der Waals surface area contributed by atoms with E-state index in [0.29, 0.717) is 22.3 Å². The summed E-state index contributed by atoms with van der Waals surface area (Å²) in [6.45, 7) is 1.78. The van der Waals surface area contributed by atoms with Gasteiger partial charge in [-0.25, -0.2) is 4.98 Å². The molecule has 2 aromatic heterocycles. The molecule has 25 heavy (non-hydrogen) atoms. The van der Waals surface area contributed by atoms with Crippen molar-refractivity contribution in [1.29, 1.82) is 0 Å². The fourth-order valence-electron chi connectivity index (χ4n) is 2.34. The van der Waals surface area contributed by atoms with Gasteiger partial charge in [0, 0.05) is 23.2 Å². The van der Waals surface area contributed by atoms with Crippen molar-refractivity contribution in [2.24, 2.45) is 0 Å². The molecule has 1 aromatic carbocycles. The first-order valence-corrected chi connectivity index (χ1v) is 7.55. The predicted molar refractivity (Wildman–Crippen MR) is 94.8 cm³/mol. The van der Waals surface area contributed by atoms with E-state index in [4.69, 9.17) is 9.90 Å². The second kappa shape index (κ2) is 8.39. The molecule has 3 rings (SSSR count). The maximum Gasteiger partial charge on any atom is 0.290 e. The highest BCUT2D eigenvalue weighted by molar-refractivity contribution is 6.11. The summed E-state index contributed by atoms with van der Waals surface area (Å²) in [6.07, 6.45) is 2.52. The van der Waals surface area contributed by atoms with E-state index in [2.05, 4.69) is 15.3 Å². The number of H-pyrrole nitrogens is 1. The fraction of sp³-hybridized carbons (Fsp3) is 0.111. The van der Waals surface area contributed by atoms with Gasteiger partial charge in [-0.2, -0.15) is 0 Å². The van der Waals surface area contributed by atoms with Crippen LogP contribution in [0, 0.1) is 0 Å². The van der Waals surface area contributed by atoms with Crippen LogP contribution in [-0.4, -0.2) is 27.5 Å². The van der Waals surface area contributed by atoms with E-state index in [1.54, 1.807) is 18.3 Å². The number of hydrogen-bond acceptors (Lipinski definition) is 4. The Labute approximate surface area is 143 Å². The highest BCUT2D eigenvalue weighted by Gasteiger charge is 2.12. The van der Waals surface area contributed by atoms with Crippen molar-refractivity contribution in [3.63, 3.8) is 0 Å². The van der Waals surface area contributed by atoms with E-state index in [1.165, 1.54) is 6.07 Å². The summed E-state index contributed by atoms with van der Waals surface area (Å²) in [5.41, 5.74) is 1.75. The second-order valence-electron chi connectivity index (χ2n) is 5.06. The molecule has 2 heterocycles. The molecular weight excluding hydrogens is 322 g/mol. The number of amides is 1. The van der Waals surface area contributed by atoms with Gasteiger partial charge in [0.25, 0.3) is 12.4 Å². The van der Waals surface area contributed by atoms with Crippen LogP contribution in [0.3, 0.4) is 0 Å². The summed E-state index contributed by atoms with van der Waals surface area (Å²) in [7, 11) is 0. The zero-order valence-corrected chi connectivity index (χ0v) is 13.5. The number of para-hydroxylation sites is 1. The number of benzene rings is 1. The van der Waals surface area contributed by atoms with E-state index < -0.39 is 0 Å². The molecule has 128 valence electrons. The molecule has 0 fully saturated rings. The predicted octanol–water partition coefficient (Wildman–Crippen LogP) is 2.44. The molecule has 7 nitrogen and oxygen atoms in total. The number of aromatic nitrogens is 2. The summed E-state index contributed by atoms with van der Waals surface area (Å²) in [6, 6.07) is 12.2. The topological polar surface area (TPSA) is 112 Å².